The third kappa shape index (κ3) is 2.00. The lowest BCUT2D eigenvalue weighted by Crippen LogP contribution is -2.44. The average Bonchev–Trinajstić information content (AvgIpc) is 2.65. The number of piperidine rings is 1. The van der Waals surface area contributed by atoms with Gasteiger partial charge in [-0.05, 0) is 26.7 Å². The first-order valence-electron chi connectivity index (χ1n) is 5.37. The van der Waals surface area contributed by atoms with Gasteiger partial charge in [0.05, 0.1) is 5.92 Å². The van der Waals surface area contributed by atoms with Gasteiger partial charge in [-0.1, -0.05) is 5.16 Å². The second-order valence-electron chi connectivity index (χ2n) is 4.24. The van der Waals surface area contributed by atoms with Gasteiger partial charge in [-0.2, -0.15) is 4.98 Å². The fourth-order valence-electron chi connectivity index (χ4n) is 2.05. The zero-order chi connectivity index (χ0) is 11.7. The van der Waals surface area contributed by atoms with Crippen molar-refractivity contribution in [2.75, 3.05) is 6.54 Å². The molecule has 1 amide bonds. The van der Waals surface area contributed by atoms with Crippen molar-refractivity contribution < 1.29 is 14.4 Å². The molecule has 1 aliphatic heterocycles. The molecule has 6 heteroatoms. The van der Waals surface area contributed by atoms with Gasteiger partial charge < -0.3 is 14.5 Å². The lowest BCUT2D eigenvalue weighted by molar-refractivity contribution is 0.100. The van der Waals surface area contributed by atoms with Crippen LogP contribution in [-0.2, 0) is 0 Å². The van der Waals surface area contributed by atoms with E-state index in [1.54, 1.807) is 6.92 Å². The van der Waals surface area contributed by atoms with Gasteiger partial charge in [0.2, 0.25) is 5.89 Å². The van der Waals surface area contributed by atoms with Crippen molar-refractivity contribution in [2.45, 2.75) is 38.6 Å². The molecule has 16 heavy (non-hydrogen) atoms. The predicted octanol–water partition coefficient (Wildman–Crippen LogP) is 1.62. The van der Waals surface area contributed by atoms with Crippen LogP contribution in [0, 0.1) is 6.92 Å². The topological polar surface area (TPSA) is 79.5 Å². The van der Waals surface area contributed by atoms with Crippen LogP contribution in [0.4, 0.5) is 4.79 Å². The first kappa shape index (κ1) is 10.9. The molecule has 0 saturated carbocycles. The number of aromatic nitrogens is 2. The number of carboxylic acid groups (broad SMARTS) is 1. The average molecular weight is 225 g/mol. The molecule has 2 rings (SSSR count). The van der Waals surface area contributed by atoms with Crippen molar-refractivity contribution in [3.05, 3.63) is 11.7 Å². The molecule has 0 spiro atoms. The number of hydrogen-bond donors (Lipinski definition) is 1. The van der Waals surface area contributed by atoms with Gasteiger partial charge >= 0.3 is 6.09 Å². The van der Waals surface area contributed by atoms with Crippen LogP contribution >= 0.6 is 0 Å². The van der Waals surface area contributed by atoms with Gasteiger partial charge in [-0.3, -0.25) is 0 Å². The fourth-order valence-corrected chi connectivity index (χ4v) is 2.05. The minimum absolute atomic E-state index is 0.0356. The maximum absolute atomic E-state index is 11.0. The molecule has 6 nitrogen and oxygen atoms in total. The van der Waals surface area contributed by atoms with E-state index in [4.69, 9.17) is 9.63 Å². The normalized spacial score (nSPS) is 25.8. The Labute approximate surface area is 93.2 Å². The summed E-state index contributed by atoms with van der Waals surface area (Å²) in [6, 6.07) is 0.0674. The molecule has 2 unspecified atom stereocenters. The first-order valence-corrected chi connectivity index (χ1v) is 5.37. The third-order valence-corrected chi connectivity index (χ3v) is 3.02. The minimum Gasteiger partial charge on any atom is -0.465 e. The number of amides is 1. The number of nitrogens with zero attached hydrogens (tertiary/aromatic N) is 3. The van der Waals surface area contributed by atoms with Gasteiger partial charge in [0, 0.05) is 12.6 Å². The van der Waals surface area contributed by atoms with E-state index in [2.05, 4.69) is 10.1 Å². The summed E-state index contributed by atoms with van der Waals surface area (Å²) >= 11 is 0. The van der Waals surface area contributed by atoms with Crippen LogP contribution in [0.3, 0.4) is 0 Å². The Kier molecular flexibility index (Phi) is 2.80. The molecule has 88 valence electrons. The largest absolute Gasteiger partial charge is 0.465 e. The number of rotatable bonds is 1. The van der Waals surface area contributed by atoms with Crippen LogP contribution < -0.4 is 0 Å². The minimum atomic E-state index is -0.881. The molecule has 2 heterocycles. The smallest absolute Gasteiger partial charge is 0.407 e. The van der Waals surface area contributed by atoms with Crippen LogP contribution in [0.15, 0.2) is 4.52 Å². The summed E-state index contributed by atoms with van der Waals surface area (Å²) in [5.74, 6) is 1.18. The van der Waals surface area contributed by atoms with Crippen LogP contribution in [0.25, 0.3) is 0 Å². The van der Waals surface area contributed by atoms with Crippen molar-refractivity contribution in [1.29, 1.82) is 0 Å². The molecule has 1 aliphatic rings. The summed E-state index contributed by atoms with van der Waals surface area (Å²) in [4.78, 5) is 16.6. The first-order chi connectivity index (χ1) is 7.58. The monoisotopic (exact) mass is 225 g/mol. The van der Waals surface area contributed by atoms with Crippen LogP contribution in [-0.4, -0.2) is 38.8 Å². The second-order valence-corrected chi connectivity index (χ2v) is 4.24. The molecular formula is C10H15N3O3. The Morgan fingerprint density at radius 2 is 2.31 bits per heavy atom. The molecule has 2 atom stereocenters. The van der Waals surface area contributed by atoms with Gasteiger partial charge in [-0.15, -0.1) is 0 Å². The standard InChI is InChI=1S/C10H15N3O3/c1-6-3-4-8(5-13(6)10(14)15)9-11-7(2)12-16-9/h6,8H,3-5H2,1-2H3,(H,14,15). The fraction of sp³-hybridized carbons (Fsp3) is 0.700. The molecular weight excluding hydrogens is 210 g/mol. The molecule has 1 aromatic rings. The predicted molar refractivity (Wildman–Crippen MR) is 55.2 cm³/mol. The Balaban J connectivity index is 2.11. The molecule has 0 aliphatic carbocycles. The SMILES string of the molecule is Cc1noc(C2CCC(C)N(C(=O)O)C2)n1. The molecule has 1 saturated heterocycles. The lowest BCUT2D eigenvalue weighted by Gasteiger charge is -2.34. The van der Waals surface area contributed by atoms with E-state index in [0.717, 1.165) is 12.8 Å². The Morgan fingerprint density at radius 1 is 1.56 bits per heavy atom. The van der Waals surface area contributed by atoms with Crippen molar-refractivity contribution in [3.8, 4) is 0 Å². The van der Waals surface area contributed by atoms with Crippen molar-refractivity contribution >= 4 is 6.09 Å². The molecule has 0 aromatic carbocycles. The van der Waals surface area contributed by atoms with E-state index in [1.807, 2.05) is 6.92 Å². The zero-order valence-corrected chi connectivity index (χ0v) is 9.38. The van der Waals surface area contributed by atoms with Crippen molar-refractivity contribution in [2.24, 2.45) is 0 Å². The van der Waals surface area contributed by atoms with E-state index < -0.39 is 6.09 Å². The van der Waals surface area contributed by atoms with E-state index >= 15 is 0 Å². The van der Waals surface area contributed by atoms with Crippen molar-refractivity contribution in [3.63, 3.8) is 0 Å². The van der Waals surface area contributed by atoms with E-state index in [9.17, 15) is 4.79 Å². The molecule has 1 N–H and O–H groups in total. The van der Waals surface area contributed by atoms with E-state index in [1.165, 1.54) is 4.90 Å². The van der Waals surface area contributed by atoms with Crippen LogP contribution in [0.2, 0.25) is 0 Å². The quantitative estimate of drug-likeness (QED) is 0.785. The van der Waals surface area contributed by atoms with E-state index in [0.29, 0.717) is 18.3 Å². The van der Waals surface area contributed by atoms with Gasteiger partial charge in [0.15, 0.2) is 5.82 Å². The van der Waals surface area contributed by atoms with Crippen molar-refractivity contribution in [1.82, 2.24) is 15.0 Å². The summed E-state index contributed by atoms with van der Waals surface area (Å²) in [6.45, 7) is 4.12. The summed E-state index contributed by atoms with van der Waals surface area (Å²) in [5, 5.41) is 12.8. The Hall–Kier alpha value is -1.59. The third-order valence-electron chi connectivity index (χ3n) is 3.02. The summed E-state index contributed by atoms with van der Waals surface area (Å²) in [7, 11) is 0. The highest BCUT2D eigenvalue weighted by atomic mass is 16.5. The number of likely N-dealkylation sites (tertiary alicyclic amines) is 1. The van der Waals surface area contributed by atoms with Crippen LogP contribution in [0.1, 0.15) is 37.4 Å². The second kappa shape index (κ2) is 4.11. The number of aryl methyl sites for hydroxylation is 1. The zero-order valence-electron chi connectivity index (χ0n) is 9.38. The molecule has 1 fully saturated rings. The summed E-state index contributed by atoms with van der Waals surface area (Å²) in [6.07, 6.45) is 0.846. The summed E-state index contributed by atoms with van der Waals surface area (Å²) in [5.41, 5.74) is 0. The number of carbonyl (C=O) groups is 1. The van der Waals surface area contributed by atoms with Gasteiger partial charge in [0.1, 0.15) is 0 Å². The van der Waals surface area contributed by atoms with Gasteiger partial charge in [0.25, 0.3) is 0 Å². The lowest BCUT2D eigenvalue weighted by atomic mass is 9.94. The van der Waals surface area contributed by atoms with E-state index in [-0.39, 0.29) is 12.0 Å². The maximum atomic E-state index is 11.0. The summed E-state index contributed by atoms with van der Waals surface area (Å²) < 4.78 is 5.09. The molecule has 1 aromatic heterocycles. The Bertz CT molecular complexity index is 390. The van der Waals surface area contributed by atoms with Crippen LogP contribution in [0.5, 0.6) is 0 Å². The Morgan fingerprint density at radius 3 is 2.88 bits per heavy atom. The highest BCUT2D eigenvalue weighted by Crippen LogP contribution is 2.28. The van der Waals surface area contributed by atoms with Gasteiger partial charge in [-0.25, -0.2) is 4.79 Å². The molecule has 0 bridgehead atoms. The highest BCUT2D eigenvalue weighted by Gasteiger charge is 2.32. The molecule has 0 radical (unpaired) electrons. The highest BCUT2D eigenvalue weighted by molar-refractivity contribution is 5.65. The number of hydrogen-bond acceptors (Lipinski definition) is 4. The maximum Gasteiger partial charge on any atom is 0.407 e.